The summed E-state index contributed by atoms with van der Waals surface area (Å²) in [5.74, 6) is 0.362. The highest BCUT2D eigenvalue weighted by Crippen LogP contribution is 2.34. The molecular formula is C16H21N3O3S. The van der Waals surface area contributed by atoms with E-state index < -0.39 is 6.04 Å². The highest BCUT2D eigenvalue weighted by atomic mass is 32.1. The Hall–Kier alpha value is -1.89. The summed E-state index contributed by atoms with van der Waals surface area (Å²) in [5, 5.41) is 3.61. The van der Waals surface area contributed by atoms with Crippen LogP contribution in [-0.2, 0) is 16.1 Å². The lowest BCUT2D eigenvalue weighted by Crippen LogP contribution is -2.54. The average molecular weight is 335 g/mol. The van der Waals surface area contributed by atoms with E-state index in [1.165, 1.54) is 7.11 Å². The standard InChI is InChI=1S/C16H21N3O3S/c1-10(15(21)22-2)17-16(23)18-7-11-6-12(9-18)13-4-3-5-14(20)19(13)8-11/h3-5,10-12H,6-9H2,1-2H3,(H,17,23)/t10-,11-,12+/m0/s1. The fourth-order valence-electron chi connectivity index (χ4n) is 3.57. The maximum absolute atomic E-state index is 12.0. The second kappa shape index (κ2) is 6.31. The molecule has 3 rings (SSSR count). The fraction of sp³-hybridized carbons (Fsp3) is 0.562. The molecule has 1 saturated heterocycles. The van der Waals surface area contributed by atoms with Gasteiger partial charge in [0.25, 0.3) is 5.56 Å². The van der Waals surface area contributed by atoms with Crippen LogP contribution in [0, 0.1) is 5.92 Å². The first-order valence-electron chi connectivity index (χ1n) is 7.82. The van der Waals surface area contributed by atoms with Crippen molar-refractivity contribution in [3.05, 3.63) is 34.2 Å². The SMILES string of the molecule is COC(=O)[C@H](C)NC(=S)N1C[C@@H]2C[C@H](C1)c1cccc(=O)n1C2. The molecule has 0 radical (unpaired) electrons. The summed E-state index contributed by atoms with van der Waals surface area (Å²) in [4.78, 5) is 25.7. The first kappa shape index (κ1) is 16.0. The van der Waals surface area contributed by atoms with Crippen molar-refractivity contribution in [2.45, 2.75) is 31.8 Å². The first-order chi connectivity index (χ1) is 11.0. The topological polar surface area (TPSA) is 63.6 Å². The van der Waals surface area contributed by atoms with Crippen LogP contribution in [0.3, 0.4) is 0 Å². The molecule has 0 unspecified atom stereocenters. The molecule has 6 nitrogen and oxygen atoms in total. The molecular weight excluding hydrogens is 314 g/mol. The van der Waals surface area contributed by atoms with E-state index >= 15 is 0 Å². The van der Waals surface area contributed by atoms with E-state index in [4.69, 9.17) is 17.0 Å². The van der Waals surface area contributed by atoms with Crippen LogP contribution in [0.1, 0.15) is 25.0 Å². The molecule has 23 heavy (non-hydrogen) atoms. The number of rotatable bonds is 2. The van der Waals surface area contributed by atoms with E-state index in [0.29, 0.717) is 16.9 Å². The minimum atomic E-state index is -0.468. The van der Waals surface area contributed by atoms with Gasteiger partial charge in [0.1, 0.15) is 6.04 Å². The lowest BCUT2D eigenvalue weighted by Gasteiger charge is -2.43. The zero-order valence-corrected chi connectivity index (χ0v) is 14.1. The number of fused-ring (bicyclic) bond motifs is 4. The second-order valence-electron chi connectivity index (χ2n) is 6.30. The van der Waals surface area contributed by atoms with E-state index in [1.807, 2.05) is 16.7 Å². The van der Waals surface area contributed by atoms with Crippen LogP contribution in [0.5, 0.6) is 0 Å². The van der Waals surface area contributed by atoms with Crippen molar-refractivity contribution < 1.29 is 9.53 Å². The monoisotopic (exact) mass is 335 g/mol. The molecule has 0 aliphatic carbocycles. The number of likely N-dealkylation sites (tertiary alicyclic amines) is 1. The van der Waals surface area contributed by atoms with Crippen molar-refractivity contribution in [3.63, 3.8) is 0 Å². The molecule has 2 bridgehead atoms. The van der Waals surface area contributed by atoms with Crippen LogP contribution in [-0.4, -0.2) is 46.8 Å². The third kappa shape index (κ3) is 3.10. The smallest absolute Gasteiger partial charge is 0.328 e. The van der Waals surface area contributed by atoms with Gasteiger partial charge in [-0.25, -0.2) is 4.79 Å². The third-order valence-corrected chi connectivity index (χ3v) is 5.04. The maximum atomic E-state index is 12.0. The van der Waals surface area contributed by atoms with E-state index in [2.05, 4.69) is 10.2 Å². The van der Waals surface area contributed by atoms with Crippen LogP contribution in [0.25, 0.3) is 0 Å². The molecule has 124 valence electrons. The lowest BCUT2D eigenvalue weighted by molar-refractivity contribution is -0.142. The lowest BCUT2D eigenvalue weighted by atomic mass is 9.83. The van der Waals surface area contributed by atoms with Gasteiger partial charge in [-0.15, -0.1) is 0 Å². The number of ether oxygens (including phenoxy) is 1. The Morgan fingerprint density at radius 1 is 1.39 bits per heavy atom. The predicted molar refractivity (Wildman–Crippen MR) is 90.3 cm³/mol. The van der Waals surface area contributed by atoms with Gasteiger partial charge in [-0.1, -0.05) is 6.07 Å². The molecule has 0 aromatic carbocycles. The van der Waals surface area contributed by atoms with Crippen molar-refractivity contribution in [2.24, 2.45) is 5.92 Å². The van der Waals surface area contributed by atoms with Crippen molar-refractivity contribution in [1.82, 2.24) is 14.8 Å². The molecule has 2 aliphatic rings. The Kier molecular flexibility index (Phi) is 4.39. The van der Waals surface area contributed by atoms with E-state index in [1.54, 1.807) is 13.0 Å². The zero-order chi connectivity index (χ0) is 16.6. The highest BCUT2D eigenvalue weighted by molar-refractivity contribution is 7.80. The molecule has 1 fully saturated rings. The summed E-state index contributed by atoms with van der Waals surface area (Å²) in [6, 6.07) is 5.00. The largest absolute Gasteiger partial charge is 0.467 e. The molecule has 2 aliphatic heterocycles. The summed E-state index contributed by atoms with van der Waals surface area (Å²) in [7, 11) is 1.36. The number of hydrogen-bond donors (Lipinski definition) is 1. The van der Waals surface area contributed by atoms with Gasteiger partial charge in [0, 0.05) is 37.3 Å². The summed E-state index contributed by atoms with van der Waals surface area (Å²) >= 11 is 5.46. The molecule has 1 N–H and O–H groups in total. The van der Waals surface area contributed by atoms with Crippen LogP contribution in [0.4, 0.5) is 0 Å². The quantitative estimate of drug-likeness (QED) is 0.634. The van der Waals surface area contributed by atoms with Gasteiger partial charge in [0.05, 0.1) is 7.11 Å². The summed E-state index contributed by atoms with van der Waals surface area (Å²) in [5.41, 5.74) is 1.16. The summed E-state index contributed by atoms with van der Waals surface area (Å²) in [6.45, 7) is 4.03. The van der Waals surface area contributed by atoms with Crippen molar-refractivity contribution in [3.8, 4) is 0 Å². The van der Waals surface area contributed by atoms with Crippen LogP contribution < -0.4 is 10.9 Å². The van der Waals surface area contributed by atoms with Gasteiger partial charge in [-0.3, -0.25) is 4.79 Å². The fourth-order valence-corrected chi connectivity index (χ4v) is 3.90. The second-order valence-corrected chi connectivity index (χ2v) is 6.68. The van der Waals surface area contributed by atoms with Crippen molar-refractivity contribution in [2.75, 3.05) is 20.2 Å². The van der Waals surface area contributed by atoms with Gasteiger partial charge < -0.3 is 19.5 Å². The van der Waals surface area contributed by atoms with Gasteiger partial charge in [0.2, 0.25) is 0 Å². The number of esters is 1. The first-order valence-corrected chi connectivity index (χ1v) is 8.23. The average Bonchev–Trinajstić information content (AvgIpc) is 2.54. The minimum absolute atomic E-state index is 0.0747. The van der Waals surface area contributed by atoms with Crippen LogP contribution in [0.2, 0.25) is 0 Å². The van der Waals surface area contributed by atoms with Crippen molar-refractivity contribution in [1.29, 1.82) is 0 Å². The number of carbonyl (C=O) groups is 1. The number of aromatic nitrogens is 1. The van der Waals surface area contributed by atoms with E-state index in [-0.39, 0.29) is 11.5 Å². The number of nitrogens with one attached hydrogen (secondary N) is 1. The molecule has 7 heteroatoms. The van der Waals surface area contributed by atoms with E-state index in [9.17, 15) is 9.59 Å². The summed E-state index contributed by atoms with van der Waals surface area (Å²) in [6.07, 6.45) is 1.08. The minimum Gasteiger partial charge on any atom is -0.467 e. The molecule has 0 saturated carbocycles. The molecule has 3 heterocycles. The normalized spacial score (nSPS) is 23.7. The zero-order valence-electron chi connectivity index (χ0n) is 13.3. The number of hydrogen-bond acceptors (Lipinski definition) is 4. The molecule has 1 aromatic rings. The number of pyridine rings is 1. The van der Waals surface area contributed by atoms with Gasteiger partial charge in [-0.05, 0) is 37.5 Å². The van der Waals surface area contributed by atoms with Gasteiger partial charge in [-0.2, -0.15) is 0 Å². The molecule has 1 aromatic heterocycles. The third-order valence-electron chi connectivity index (χ3n) is 4.66. The summed E-state index contributed by atoms with van der Waals surface area (Å²) < 4.78 is 6.61. The predicted octanol–water partition coefficient (Wildman–Crippen LogP) is 0.703. The van der Waals surface area contributed by atoms with E-state index in [0.717, 1.165) is 31.7 Å². The Bertz CT molecular complexity index is 687. The molecule has 3 atom stereocenters. The van der Waals surface area contributed by atoms with Crippen molar-refractivity contribution >= 4 is 23.3 Å². The van der Waals surface area contributed by atoms with Gasteiger partial charge in [0.15, 0.2) is 5.11 Å². The number of thiocarbonyl (C=S) groups is 1. The number of piperidine rings is 1. The number of carbonyl (C=O) groups excluding carboxylic acids is 1. The Morgan fingerprint density at radius 3 is 2.91 bits per heavy atom. The molecule has 0 amide bonds. The maximum Gasteiger partial charge on any atom is 0.328 e. The number of methoxy groups -OCH3 is 1. The van der Waals surface area contributed by atoms with Crippen LogP contribution in [0.15, 0.2) is 23.0 Å². The Labute approximate surface area is 140 Å². The Morgan fingerprint density at radius 2 is 2.17 bits per heavy atom. The molecule has 0 spiro atoms. The van der Waals surface area contributed by atoms with Crippen LogP contribution >= 0.6 is 12.2 Å². The highest BCUT2D eigenvalue weighted by Gasteiger charge is 2.35. The Balaban J connectivity index is 1.74. The van der Waals surface area contributed by atoms with Gasteiger partial charge >= 0.3 is 5.97 Å². The number of nitrogens with zero attached hydrogens (tertiary/aromatic N) is 2.